The van der Waals surface area contributed by atoms with E-state index >= 15 is 0 Å². The zero-order valence-corrected chi connectivity index (χ0v) is 38.4. The maximum Gasteiger partial charge on any atom is 0.306 e. The predicted octanol–water partition coefficient (Wildman–Crippen LogP) is 15.6. The Bertz CT molecular complexity index is 1280. The summed E-state index contributed by atoms with van der Waals surface area (Å²) in [6.45, 7) is 6.27. The van der Waals surface area contributed by atoms with Crippen LogP contribution < -0.4 is 0 Å². The molecular weight excluding hydrogens is 745 g/mol. The molecule has 60 heavy (non-hydrogen) atoms. The molecule has 0 rings (SSSR count). The Morgan fingerprint density at radius 1 is 0.367 bits per heavy atom. The summed E-state index contributed by atoms with van der Waals surface area (Å²) in [6.07, 6.45) is 63.7. The normalized spacial score (nSPS) is 13.1. The summed E-state index contributed by atoms with van der Waals surface area (Å²) in [4.78, 5) is 37.8. The van der Waals surface area contributed by atoms with Gasteiger partial charge in [-0.1, -0.05) is 207 Å². The Hall–Kier alpha value is -3.93. The van der Waals surface area contributed by atoms with Crippen LogP contribution in [0, 0.1) is 0 Å². The van der Waals surface area contributed by atoms with Gasteiger partial charge in [-0.3, -0.25) is 14.4 Å². The van der Waals surface area contributed by atoms with Crippen molar-refractivity contribution in [2.24, 2.45) is 0 Å². The fourth-order valence-electron chi connectivity index (χ4n) is 6.05. The van der Waals surface area contributed by atoms with Crippen LogP contribution in [0.25, 0.3) is 0 Å². The average Bonchev–Trinajstić information content (AvgIpc) is 3.24. The molecule has 6 heteroatoms. The van der Waals surface area contributed by atoms with Gasteiger partial charge in [0.25, 0.3) is 0 Å². The topological polar surface area (TPSA) is 78.9 Å². The number of carbonyl (C=O) groups is 3. The summed E-state index contributed by atoms with van der Waals surface area (Å²) in [7, 11) is 0. The number of esters is 3. The van der Waals surface area contributed by atoms with E-state index in [0.717, 1.165) is 103 Å². The van der Waals surface area contributed by atoms with Crippen LogP contribution in [0.4, 0.5) is 0 Å². The van der Waals surface area contributed by atoms with Crippen LogP contribution in [0.5, 0.6) is 0 Å². The molecule has 0 bridgehead atoms. The van der Waals surface area contributed by atoms with Crippen molar-refractivity contribution in [3.63, 3.8) is 0 Å². The molecule has 0 N–H and O–H groups in total. The van der Waals surface area contributed by atoms with Crippen molar-refractivity contribution >= 4 is 17.9 Å². The van der Waals surface area contributed by atoms with E-state index in [1.807, 2.05) is 18.2 Å². The summed E-state index contributed by atoms with van der Waals surface area (Å²) >= 11 is 0. The van der Waals surface area contributed by atoms with Crippen LogP contribution in [-0.2, 0) is 28.6 Å². The lowest BCUT2D eigenvalue weighted by Gasteiger charge is -2.18. The highest BCUT2D eigenvalue weighted by molar-refractivity contribution is 5.71. The molecule has 0 aromatic rings. The number of carbonyl (C=O) groups excluding carboxylic acids is 3. The molecule has 0 aromatic carbocycles. The lowest BCUT2D eigenvalue weighted by molar-refractivity contribution is -0.166. The Labute approximate surface area is 368 Å². The molecule has 1 unspecified atom stereocenters. The van der Waals surface area contributed by atoms with Crippen molar-refractivity contribution < 1.29 is 28.6 Å². The van der Waals surface area contributed by atoms with Crippen LogP contribution in [0.2, 0.25) is 0 Å². The van der Waals surface area contributed by atoms with Gasteiger partial charge in [-0.2, -0.15) is 0 Å². The van der Waals surface area contributed by atoms with E-state index in [4.69, 9.17) is 14.2 Å². The van der Waals surface area contributed by atoms with Gasteiger partial charge in [-0.15, -0.1) is 0 Å². The summed E-state index contributed by atoms with van der Waals surface area (Å²) in [5.41, 5.74) is 0. The quantitative estimate of drug-likeness (QED) is 0.0201. The average molecular weight is 831 g/mol. The highest BCUT2D eigenvalue weighted by Gasteiger charge is 2.19. The van der Waals surface area contributed by atoms with Crippen molar-refractivity contribution in [3.05, 3.63) is 109 Å². The predicted molar refractivity (Wildman–Crippen MR) is 256 cm³/mol. The van der Waals surface area contributed by atoms with E-state index in [2.05, 4.69) is 112 Å². The smallest absolute Gasteiger partial charge is 0.306 e. The second-order valence-corrected chi connectivity index (χ2v) is 15.3. The lowest BCUT2D eigenvalue weighted by Crippen LogP contribution is -2.30. The summed E-state index contributed by atoms with van der Waals surface area (Å²) in [5.74, 6) is -1.03. The highest BCUT2D eigenvalue weighted by Crippen LogP contribution is 2.13. The first-order valence-corrected chi connectivity index (χ1v) is 23.9. The lowest BCUT2D eigenvalue weighted by atomic mass is 10.1. The van der Waals surface area contributed by atoms with Crippen LogP contribution in [-0.4, -0.2) is 37.2 Å². The van der Waals surface area contributed by atoms with Gasteiger partial charge in [-0.05, 0) is 77.0 Å². The monoisotopic (exact) mass is 831 g/mol. The van der Waals surface area contributed by atoms with Crippen molar-refractivity contribution in [2.45, 2.75) is 200 Å². The van der Waals surface area contributed by atoms with Gasteiger partial charge in [0.15, 0.2) is 6.10 Å². The molecule has 0 fully saturated rings. The van der Waals surface area contributed by atoms with E-state index in [1.165, 1.54) is 44.9 Å². The Kier molecular flexibility index (Phi) is 44.6. The van der Waals surface area contributed by atoms with Gasteiger partial charge in [0.2, 0.25) is 0 Å². The minimum Gasteiger partial charge on any atom is -0.462 e. The molecule has 0 aromatic heterocycles. The maximum absolute atomic E-state index is 12.7. The Morgan fingerprint density at radius 2 is 0.767 bits per heavy atom. The first-order valence-electron chi connectivity index (χ1n) is 23.9. The molecule has 0 heterocycles. The zero-order chi connectivity index (χ0) is 43.7. The summed E-state index contributed by atoms with van der Waals surface area (Å²) in [6, 6.07) is 0. The number of hydrogen-bond donors (Lipinski definition) is 0. The molecule has 0 radical (unpaired) electrons. The number of unbranched alkanes of at least 4 members (excludes halogenated alkanes) is 14. The fourth-order valence-corrected chi connectivity index (χ4v) is 6.05. The SMILES string of the molecule is CC\C=C/C=C\C=C/CCCCCCCC(=O)OC(COC(=O)CC/C=C\C/C=C\C/C=C\C/C=C\C/C=C\C/C=C\CC)COC(=O)CCCCCCCCCCCC. The fraction of sp³-hybridized carbons (Fsp3) is 0.611. The molecule has 0 saturated carbocycles. The number of hydrogen-bond acceptors (Lipinski definition) is 6. The molecule has 0 amide bonds. The van der Waals surface area contributed by atoms with Crippen LogP contribution in [0.15, 0.2) is 109 Å². The first-order chi connectivity index (χ1) is 29.5. The van der Waals surface area contributed by atoms with Crippen molar-refractivity contribution in [1.82, 2.24) is 0 Å². The maximum atomic E-state index is 12.7. The molecule has 338 valence electrons. The third-order valence-corrected chi connectivity index (χ3v) is 9.60. The van der Waals surface area contributed by atoms with Crippen LogP contribution in [0.1, 0.15) is 194 Å². The van der Waals surface area contributed by atoms with Gasteiger partial charge in [0, 0.05) is 19.3 Å². The van der Waals surface area contributed by atoms with Crippen molar-refractivity contribution in [1.29, 1.82) is 0 Å². The summed E-state index contributed by atoms with van der Waals surface area (Å²) in [5, 5.41) is 0. The molecule has 0 saturated heterocycles. The highest BCUT2D eigenvalue weighted by atomic mass is 16.6. The largest absolute Gasteiger partial charge is 0.462 e. The van der Waals surface area contributed by atoms with E-state index < -0.39 is 6.10 Å². The molecule has 0 spiro atoms. The molecule has 0 aliphatic carbocycles. The third kappa shape index (κ3) is 45.2. The zero-order valence-electron chi connectivity index (χ0n) is 38.4. The van der Waals surface area contributed by atoms with Gasteiger partial charge in [-0.25, -0.2) is 0 Å². The van der Waals surface area contributed by atoms with E-state index in [-0.39, 0.29) is 44.0 Å². The van der Waals surface area contributed by atoms with Crippen molar-refractivity contribution in [2.75, 3.05) is 13.2 Å². The Balaban J connectivity index is 4.52. The van der Waals surface area contributed by atoms with Crippen LogP contribution in [0.3, 0.4) is 0 Å². The first kappa shape index (κ1) is 56.1. The number of allylic oxidation sites excluding steroid dienone is 18. The molecule has 0 aliphatic rings. The van der Waals surface area contributed by atoms with Gasteiger partial charge >= 0.3 is 17.9 Å². The van der Waals surface area contributed by atoms with Gasteiger partial charge in [0.05, 0.1) is 0 Å². The van der Waals surface area contributed by atoms with E-state index in [1.54, 1.807) is 0 Å². The van der Waals surface area contributed by atoms with Crippen molar-refractivity contribution in [3.8, 4) is 0 Å². The molecule has 6 nitrogen and oxygen atoms in total. The summed E-state index contributed by atoms with van der Waals surface area (Å²) < 4.78 is 16.6. The number of rotatable bonds is 41. The van der Waals surface area contributed by atoms with E-state index in [9.17, 15) is 14.4 Å². The second-order valence-electron chi connectivity index (χ2n) is 15.3. The molecular formula is C54H86O6. The molecule has 1 atom stereocenters. The van der Waals surface area contributed by atoms with Gasteiger partial charge in [0.1, 0.15) is 13.2 Å². The van der Waals surface area contributed by atoms with E-state index in [0.29, 0.717) is 12.8 Å². The number of ether oxygens (including phenoxy) is 3. The minimum absolute atomic E-state index is 0.111. The molecule has 0 aliphatic heterocycles. The second kappa shape index (κ2) is 47.7. The Morgan fingerprint density at radius 3 is 1.27 bits per heavy atom. The minimum atomic E-state index is -0.817. The standard InChI is InChI=1S/C54H86O6/c1-4-7-10-13-16-19-22-24-25-26-27-28-29-31-32-35-38-41-44-47-53(56)59-50-51(49-58-52(55)46-43-40-37-34-21-18-15-12-9-6-3)60-54(57)48-45-42-39-36-33-30-23-20-17-14-11-8-5-2/h7-8,10-11,14,16-17,19-20,23-25,27-28,31-32,38,41,51H,4-6,9,12-13,15,18,21-22,26,29-30,33-37,39-40,42-50H2,1-3H3/b10-7-,11-8-,17-14-,19-16-,23-20-,25-24-,28-27-,32-31-,41-38-. The van der Waals surface area contributed by atoms with Gasteiger partial charge < -0.3 is 14.2 Å². The van der Waals surface area contributed by atoms with Crippen LogP contribution >= 0.6 is 0 Å². The third-order valence-electron chi connectivity index (χ3n) is 9.60.